The van der Waals surface area contributed by atoms with Gasteiger partial charge in [0.1, 0.15) is 11.9 Å². The van der Waals surface area contributed by atoms with Crippen molar-refractivity contribution in [3.05, 3.63) is 23.9 Å². The van der Waals surface area contributed by atoms with Gasteiger partial charge in [-0.1, -0.05) is 0 Å². The number of esters is 1. The number of nitrogens with zero attached hydrogens (tertiary/aromatic N) is 3. The molecule has 2 heterocycles. The number of hydrogen-bond donors (Lipinski definition) is 0. The minimum absolute atomic E-state index is 0.0776. The van der Waals surface area contributed by atoms with Crippen molar-refractivity contribution in [2.45, 2.75) is 19.8 Å². The lowest BCUT2D eigenvalue weighted by Gasteiger charge is -2.32. The fourth-order valence-corrected chi connectivity index (χ4v) is 2.28. The third-order valence-corrected chi connectivity index (χ3v) is 3.24. The number of aromatic nitrogens is 1. The Labute approximate surface area is 112 Å². The van der Waals surface area contributed by atoms with Gasteiger partial charge in [-0.05, 0) is 31.9 Å². The molecule has 1 aliphatic rings. The van der Waals surface area contributed by atoms with Crippen molar-refractivity contribution in [3.8, 4) is 6.07 Å². The number of pyridine rings is 1. The summed E-state index contributed by atoms with van der Waals surface area (Å²) in [6.45, 7) is 3.76. The number of nitriles is 1. The number of carbonyl (C=O) groups is 1. The summed E-state index contributed by atoms with van der Waals surface area (Å²) in [6, 6.07) is 5.62. The number of hydrogen-bond acceptors (Lipinski definition) is 5. The van der Waals surface area contributed by atoms with Gasteiger partial charge in [-0.3, -0.25) is 4.79 Å². The molecule has 0 N–H and O–H groups in total. The van der Waals surface area contributed by atoms with Gasteiger partial charge in [0.05, 0.1) is 18.1 Å². The Kier molecular flexibility index (Phi) is 4.35. The van der Waals surface area contributed by atoms with Crippen LogP contribution < -0.4 is 4.90 Å². The maximum absolute atomic E-state index is 11.8. The molecule has 0 spiro atoms. The van der Waals surface area contributed by atoms with Crippen LogP contribution in [-0.2, 0) is 9.53 Å². The minimum atomic E-state index is -0.124. The Morgan fingerprint density at radius 1 is 1.63 bits per heavy atom. The number of rotatable bonds is 3. The van der Waals surface area contributed by atoms with Crippen molar-refractivity contribution in [1.29, 1.82) is 5.26 Å². The van der Waals surface area contributed by atoms with Gasteiger partial charge in [0.2, 0.25) is 0 Å². The second-order valence-electron chi connectivity index (χ2n) is 4.55. The van der Waals surface area contributed by atoms with Crippen LogP contribution in [0.15, 0.2) is 18.3 Å². The zero-order valence-corrected chi connectivity index (χ0v) is 11.0. The van der Waals surface area contributed by atoms with Crippen LogP contribution in [0, 0.1) is 17.2 Å². The summed E-state index contributed by atoms with van der Waals surface area (Å²) in [6.07, 6.45) is 3.38. The van der Waals surface area contributed by atoms with E-state index in [-0.39, 0.29) is 11.9 Å². The number of piperidine rings is 1. The molecule has 5 nitrogen and oxygen atoms in total. The third kappa shape index (κ3) is 3.22. The molecule has 1 atom stereocenters. The molecule has 0 saturated carbocycles. The van der Waals surface area contributed by atoms with E-state index in [9.17, 15) is 4.79 Å². The van der Waals surface area contributed by atoms with Crippen LogP contribution in [-0.4, -0.2) is 30.6 Å². The summed E-state index contributed by atoms with van der Waals surface area (Å²) in [4.78, 5) is 18.1. The van der Waals surface area contributed by atoms with Crippen molar-refractivity contribution < 1.29 is 9.53 Å². The van der Waals surface area contributed by atoms with Gasteiger partial charge in [-0.25, -0.2) is 4.98 Å². The van der Waals surface area contributed by atoms with Crippen LogP contribution in [0.3, 0.4) is 0 Å². The summed E-state index contributed by atoms with van der Waals surface area (Å²) in [5.41, 5.74) is 0.544. The second kappa shape index (κ2) is 6.19. The molecule has 0 radical (unpaired) electrons. The van der Waals surface area contributed by atoms with E-state index in [0.717, 1.165) is 25.2 Å². The number of anilines is 1. The highest BCUT2D eigenvalue weighted by atomic mass is 16.5. The van der Waals surface area contributed by atoms with Crippen LogP contribution in [0.5, 0.6) is 0 Å². The molecule has 1 aromatic rings. The molecule has 1 aliphatic heterocycles. The smallest absolute Gasteiger partial charge is 0.310 e. The first kappa shape index (κ1) is 13.3. The quantitative estimate of drug-likeness (QED) is 0.773. The van der Waals surface area contributed by atoms with Crippen LogP contribution in [0.25, 0.3) is 0 Å². The van der Waals surface area contributed by atoms with Gasteiger partial charge < -0.3 is 9.64 Å². The zero-order chi connectivity index (χ0) is 13.7. The predicted octanol–water partition coefficient (Wildman–Crippen LogP) is 1.73. The molecule has 0 aromatic carbocycles. The highest BCUT2D eigenvalue weighted by Gasteiger charge is 2.27. The molecule has 2 rings (SSSR count). The van der Waals surface area contributed by atoms with Crippen LogP contribution in [0.2, 0.25) is 0 Å². The lowest BCUT2D eigenvalue weighted by atomic mass is 9.98. The average molecular weight is 259 g/mol. The highest BCUT2D eigenvalue weighted by molar-refractivity contribution is 5.73. The van der Waals surface area contributed by atoms with Gasteiger partial charge >= 0.3 is 5.97 Å². The maximum atomic E-state index is 11.8. The van der Waals surface area contributed by atoms with E-state index in [1.54, 1.807) is 12.3 Å². The van der Waals surface area contributed by atoms with Gasteiger partial charge in [-0.15, -0.1) is 0 Å². The maximum Gasteiger partial charge on any atom is 0.310 e. The Balaban J connectivity index is 2.04. The molecule has 1 saturated heterocycles. The van der Waals surface area contributed by atoms with Gasteiger partial charge in [-0.2, -0.15) is 5.26 Å². The predicted molar refractivity (Wildman–Crippen MR) is 70.5 cm³/mol. The first-order valence-electron chi connectivity index (χ1n) is 6.52. The number of carbonyl (C=O) groups excluding carboxylic acids is 1. The van der Waals surface area contributed by atoms with Crippen LogP contribution in [0.1, 0.15) is 25.3 Å². The Morgan fingerprint density at radius 3 is 3.11 bits per heavy atom. The Morgan fingerprint density at radius 2 is 2.47 bits per heavy atom. The topological polar surface area (TPSA) is 66.2 Å². The summed E-state index contributed by atoms with van der Waals surface area (Å²) < 4.78 is 5.07. The molecule has 0 bridgehead atoms. The number of ether oxygens (including phenoxy) is 1. The molecule has 5 heteroatoms. The average Bonchev–Trinajstić information content (AvgIpc) is 2.48. The SMILES string of the molecule is CCOC(=O)[C@H]1CCCN(c2ccc(C#N)cn2)C1. The van der Waals surface area contributed by atoms with Crippen molar-refractivity contribution >= 4 is 11.8 Å². The lowest BCUT2D eigenvalue weighted by molar-refractivity contribution is -0.148. The molecule has 19 heavy (non-hydrogen) atoms. The third-order valence-electron chi connectivity index (χ3n) is 3.24. The first-order valence-corrected chi connectivity index (χ1v) is 6.52. The summed E-state index contributed by atoms with van der Waals surface area (Å²) in [5.74, 6) is 0.611. The van der Waals surface area contributed by atoms with Crippen molar-refractivity contribution in [1.82, 2.24) is 4.98 Å². The lowest BCUT2D eigenvalue weighted by Crippen LogP contribution is -2.39. The van der Waals surface area contributed by atoms with E-state index < -0.39 is 0 Å². The fourth-order valence-electron chi connectivity index (χ4n) is 2.28. The summed E-state index contributed by atoms with van der Waals surface area (Å²) >= 11 is 0. The first-order chi connectivity index (χ1) is 9.24. The molecule has 0 aliphatic carbocycles. The summed E-state index contributed by atoms with van der Waals surface area (Å²) in [7, 11) is 0. The Hall–Kier alpha value is -2.09. The molecule has 100 valence electrons. The standard InChI is InChI=1S/C14H17N3O2/c1-2-19-14(18)12-4-3-7-17(10-12)13-6-5-11(8-15)9-16-13/h5-6,9,12H,2-4,7,10H2,1H3/t12-/m0/s1. The monoisotopic (exact) mass is 259 g/mol. The normalized spacial score (nSPS) is 18.7. The van der Waals surface area contributed by atoms with E-state index in [0.29, 0.717) is 18.7 Å². The minimum Gasteiger partial charge on any atom is -0.466 e. The van der Waals surface area contributed by atoms with Crippen LogP contribution >= 0.6 is 0 Å². The molecular formula is C14H17N3O2. The van der Waals surface area contributed by atoms with E-state index in [2.05, 4.69) is 9.88 Å². The van der Waals surface area contributed by atoms with E-state index in [1.807, 2.05) is 19.1 Å². The van der Waals surface area contributed by atoms with Gasteiger partial charge in [0.25, 0.3) is 0 Å². The van der Waals surface area contributed by atoms with Crippen LogP contribution in [0.4, 0.5) is 5.82 Å². The van der Waals surface area contributed by atoms with Gasteiger partial charge in [0.15, 0.2) is 0 Å². The van der Waals surface area contributed by atoms with Crippen molar-refractivity contribution in [3.63, 3.8) is 0 Å². The highest BCUT2D eigenvalue weighted by Crippen LogP contribution is 2.22. The van der Waals surface area contributed by atoms with Crippen molar-refractivity contribution in [2.75, 3.05) is 24.6 Å². The molecular weight excluding hydrogens is 242 g/mol. The molecule has 0 unspecified atom stereocenters. The molecule has 1 fully saturated rings. The molecule has 1 aromatic heterocycles. The molecule has 0 amide bonds. The summed E-state index contributed by atoms with van der Waals surface area (Å²) in [5, 5.41) is 8.75. The van der Waals surface area contributed by atoms with E-state index >= 15 is 0 Å². The van der Waals surface area contributed by atoms with Gasteiger partial charge in [0, 0.05) is 19.3 Å². The largest absolute Gasteiger partial charge is 0.466 e. The fraction of sp³-hybridized carbons (Fsp3) is 0.500. The van der Waals surface area contributed by atoms with E-state index in [1.165, 1.54) is 0 Å². The van der Waals surface area contributed by atoms with E-state index in [4.69, 9.17) is 10.00 Å². The Bertz CT molecular complexity index is 478. The zero-order valence-electron chi connectivity index (χ0n) is 11.0. The van der Waals surface area contributed by atoms with Crippen molar-refractivity contribution in [2.24, 2.45) is 5.92 Å². The second-order valence-corrected chi connectivity index (χ2v) is 4.55.